The normalized spacial score (nSPS) is 23.4. The van der Waals surface area contributed by atoms with Crippen LogP contribution in [-0.2, 0) is 22.5 Å². The van der Waals surface area contributed by atoms with Crippen LogP contribution in [0.5, 0.6) is 0 Å². The largest absolute Gasteiger partial charge is 0.388 e. The number of hydrogen-bond donors (Lipinski definition) is 2. The van der Waals surface area contributed by atoms with E-state index in [4.69, 9.17) is 15.5 Å². The lowest BCUT2D eigenvalue weighted by atomic mass is 9.75. The summed E-state index contributed by atoms with van der Waals surface area (Å²) in [5.74, 6) is 1.35. The minimum Gasteiger partial charge on any atom is -0.388 e. The van der Waals surface area contributed by atoms with E-state index >= 15 is 0 Å². The summed E-state index contributed by atoms with van der Waals surface area (Å²) in [5.41, 5.74) is 7.44. The number of rotatable bonds is 5. The summed E-state index contributed by atoms with van der Waals surface area (Å²) >= 11 is 0. The highest BCUT2D eigenvalue weighted by molar-refractivity contribution is 5.82. The average molecular weight is 519 g/mol. The monoisotopic (exact) mass is 518 g/mol. The van der Waals surface area contributed by atoms with Gasteiger partial charge in [-0.25, -0.2) is 19.9 Å². The van der Waals surface area contributed by atoms with Crippen LogP contribution in [-0.4, -0.2) is 75.9 Å². The van der Waals surface area contributed by atoms with E-state index in [9.17, 15) is 9.90 Å². The second-order valence-electron chi connectivity index (χ2n) is 10.9. The van der Waals surface area contributed by atoms with Gasteiger partial charge in [0.25, 0.3) is 0 Å². The van der Waals surface area contributed by atoms with Crippen molar-refractivity contribution in [3.05, 3.63) is 42.7 Å². The minimum atomic E-state index is -1.05. The Morgan fingerprint density at radius 1 is 1.21 bits per heavy atom. The van der Waals surface area contributed by atoms with Gasteiger partial charge in [-0.1, -0.05) is 19.1 Å². The molecule has 11 heteroatoms. The van der Waals surface area contributed by atoms with Crippen LogP contribution < -0.4 is 5.73 Å². The van der Waals surface area contributed by atoms with Crippen LogP contribution in [0, 0.1) is 0 Å². The fourth-order valence-electron chi connectivity index (χ4n) is 6.17. The first-order chi connectivity index (χ1) is 18.3. The van der Waals surface area contributed by atoms with E-state index in [-0.39, 0.29) is 18.5 Å². The van der Waals surface area contributed by atoms with Crippen molar-refractivity contribution in [2.45, 2.75) is 69.7 Å². The van der Waals surface area contributed by atoms with E-state index < -0.39 is 11.2 Å². The lowest BCUT2D eigenvalue weighted by molar-refractivity contribution is -0.197. The van der Waals surface area contributed by atoms with Crippen molar-refractivity contribution in [3.8, 4) is 0 Å². The predicted molar refractivity (Wildman–Crippen MR) is 142 cm³/mol. The number of nitrogen functional groups attached to an aromatic ring is 1. The van der Waals surface area contributed by atoms with Crippen LogP contribution in [0.1, 0.15) is 51.4 Å². The number of hydrogen-bond acceptors (Lipinski definition) is 8. The Balaban J connectivity index is 1.14. The van der Waals surface area contributed by atoms with Crippen molar-refractivity contribution >= 4 is 33.9 Å². The van der Waals surface area contributed by atoms with E-state index in [0.717, 1.165) is 29.7 Å². The summed E-state index contributed by atoms with van der Waals surface area (Å²) in [6.07, 6.45) is 6.66. The number of imidazole rings is 2. The van der Waals surface area contributed by atoms with Crippen LogP contribution in [0.4, 0.5) is 5.82 Å². The third-order valence-electron chi connectivity index (χ3n) is 8.20. The Hall–Kier alpha value is -3.57. The Morgan fingerprint density at radius 3 is 2.76 bits per heavy atom. The smallest absolute Gasteiger partial charge is 0.242 e. The van der Waals surface area contributed by atoms with E-state index in [0.29, 0.717) is 55.9 Å². The van der Waals surface area contributed by atoms with Crippen LogP contribution in [0.15, 0.2) is 36.9 Å². The Bertz CT molecular complexity index is 1480. The van der Waals surface area contributed by atoms with Gasteiger partial charge in [0, 0.05) is 25.9 Å². The first-order valence-corrected chi connectivity index (χ1v) is 13.3. The van der Waals surface area contributed by atoms with Gasteiger partial charge in [0.2, 0.25) is 5.91 Å². The summed E-state index contributed by atoms with van der Waals surface area (Å²) < 4.78 is 10.4. The Labute approximate surface area is 220 Å². The second kappa shape index (κ2) is 9.32. The third-order valence-corrected chi connectivity index (χ3v) is 8.20. The molecule has 2 fully saturated rings. The number of amides is 1. The van der Waals surface area contributed by atoms with Gasteiger partial charge in [-0.3, -0.25) is 4.79 Å². The van der Waals surface area contributed by atoms with Crippen molar-refractivity contribution in [1.82, 2.24) is 34.0 Å². The molecule has 6 rings (SSSR count). The van der Waals surface area contributed by atoms with Gasteiger partial charge in [-0.2, -0.15) is 0 Å². The molecule has 1 aromatic carbocycles. The van der Waals surface area contributed by atoms with Gasteiger partial charge < -0.3 is 29.6 Å². The molecule has 1 amide bonds. The van der Waals surface area contributed by atoms with Crippen molar-refractivity contribution in [1.29, 1.82) is 0 Å². The highest BCUT2D eigenvalue weighted by atomic mass is 16.5. The molecule has 2 atom stereocenters. The zero-order chi connectivity index (χ0) is 26.5. The number of carbonyl (C=O) groups is 1. The maximum atomic E-state index is 13.4. The van der Waals surface area contributed by atoms with Crippen molar-refractivity contribution in [2.75, 3.05) is 25.4 Å². The molecule has 2 aliphatic heterocycles. The molecule has 0 bridgehead atoms. The topological polar surface area (TPSA) is 137 Å². The maximum Gasteiger partial charge on any atom is 0.242 e. The van der Waals surface area contributed by atoms with E-state index in [1.165, 1.54) is 6.33 Å². The molecule has 3 N–H and O–H groups in total. The first kappa shape index (κ1) is 24.7. The molecule has 200 valence electrons. The van der Waals surface area contributed by atoms with Gasteiger partial charge in [-0.15, -0.1) is 0 Å². The zero-order valence-corrected chi connectivity index (χ0v) is 21.9. The van der Waals surface area contributed by atoms with Crippen molar-refractivity contribution in [3.63, 3.8) is 0 Å². The average Bonchev–Trinajstić information content (AvgIpc) is 3.47. The SMILES string of the molecule is CCCc1nc2ccccc2n1CC(=O)N1CCC2(CC1)C[C@@](C)(O)[C@H](n1cnc3c(N)ncnc31)CO2. The van der Waals surface area contributed by atoms with Crippen LogP contribution in [0.25, 0.3) is 22.2 Å². The molecule has 11 nitrogen and oxygen atoms in total. The summed E-state index contributed by atoms with van der Waals surface area (Å²) in [4.78, 5) is 32.8. The Kier molecular flexibility index (Phi) is 6.07. The van der Waals surface area contributed by atoms with E-state index in [2.05, 4.69) is 26.4 Å². The van der Waals surface area contributed by atoms with Gasteiger partial charge in [-0.05, 0) is 38.3 Å². The van der Waals surface area contributed by atoms with Crippen molar-refractivity contribution < 1.29 is 14.6 Å². The number of fused-ring (bicyclic) bond motifs is 2. The number of carbonyl (C=O) groups excluding carboxylic acids is 1. The molecule has 2 saturated heterocycles. The molecule has 0 aliphatic carbocycles. The summed E-state index contributed by atoms with van der Waals surface area (Å²) in [6.45, 7) is 5.74. The molecule has 5 heterocycles. The number of aryl methyl sites for hydroxylation is 1. The summed E-state index contributed by atoms with van der Waals surface area (Å²) in [5, 5.41) is 11.6. The van der Waals surface area contributed by atoms with Crippen molar-refractivity contribution in [2.24, 2.45) is 0 Å². The second-order valence-corrected chi connectivity index (χ2v) is 10.9. The molecule has 0 unspecified atom stereocenters. The van der Waals surface area contributed by atoms with Crippen LogP contribution >= 0.6 is 0 Å². The standard InChI is InChI=1S/C27H34N8O3/c1-3-6-21-32-18-7-4-5-8-19(18)34(21)13-22(36)33-11-9-27(10-12-33)15-26(2,37)20(14-38-27)35-17-31-23-24(28)29-16-30-25(23)35/h4-5,7-8,16-17,20,37H,3,6,9-15H2,1-2H3,(H2,28,29,30)/t20-,26-/m1/s1. The lowest BCUT2D eigenvalue weighted by Gasteiger charge is -2.51. The predicted octanol–water partition coefficient (Wildman–Crippen LogP) is 2.48. The molecular weight excluding hydrogens is 484 g/mol. The number of anilines is 1. The number of aliphatic hydroxyl groups is 1. The first-order valence-electron chi connectivity index (χ1n) is 13.3. The van der Waals surface area contributed by atoms with Crippen LogP contribution in [0.3, 0.4) is 0 Å². The lowest BCUT2D eigenvalue weighted by Crippen LogP contribution is -2.58. The van der Waals surface area contributed by atoms with Gasteiger partial charge in [0.05, 0.1) is 41.2 Å². The molecule has 2 aliphatic rings. The number of ether oxygens (including phenoxy) is 1. The highest BCUT2D eigenvalue weighted by Crippen LogP contribution is 2.44. The summed E-state index contributed by atoms with van der Waals surface area (Å²) in [6, 6.07) is 7.62. The molecule has 38 heavy (non-hydrogen) atoms. The van der Waals surface area contributed by atoms with Gasteiger partial charge >= 0.3 is 0 Å². The zero-order valence-electron chi connectivity index (χ0n) is 21.9. The van der Waals surface area contributed by atoms with E-state index in [1.54, 1.807) is 6.33 Å². The molecule has 3 aromatic heterocycles. The van der Waals surface area contributed by atoms with Gasteiger partial charge in [0.1, 0.15) is 24.2 Å². The molecule has 1 spiro atoms. The highest BCUT2D eigenvalue weighted by Gasteiger charge is 2.50. The number of likely N-dealkylation sites (tertiary alicyclic amines) is 1. The number of nitrogens with zero attached hydrogens (tertiary/aromatic N) is 7. The summed E-state index contributed by atoms with van der Waals surface area (Å²) in [7, 11) is 0. The molecule has 0 saturated carbocycles. The molecular formula is C27H34N8O3. The molecule has 0 radical (unpaired) electrons. The minimum absolute atomic E-state index is 0.0861. The Morgan fingerprint density at radius 2 is 2.00 bits per heavy atom. The third kappa shape index (κ3) is 4.19. The maximum absolute atomic E-state index is 13.4. The quantitative estimate of drug-likeness (QED) is 0.411. The van der Waals surface area contributed by atoms with Crippen LogP contribution in [0.2, 0.25) is 0 Å². The molecule has 4 aromatic rings. The number of piperidine rings is 1. The van der Waals surface area contributed by atoms with E-state index in [1.807, 2.05) is 40.7 Å². The number of aromatic nitrogens is 6. The van der Waals surface area contributed by atoms with Gasteiger partial charge in [0.15, 0.2) is 11.5 Å². The fraction of sp³-hybridized carbons (Fsp3) is 0.519. The fourth-order valence-corrected chi connectivity index (χ4v) is 6.17. The number of para-hydroxylation sites is 2. The number of nitrogens with two attached hydrogens (primary N) is 1. The number of benzene rings is 1.